The molecule has 3 aromatic carbocycles. The fourth-order valence-corrected chi connectivity index (χ4v) is 4.27. The smallest absolute Gasteiger partial charge is 0.314 e. The van der Waals surface area contributed by atoms with Gasteiger partial charge in [0.2, 0.25) is 13.6 Å². The zero-order valence-electron chi connectivity index (χ0n) is 24.3. The summed E-state index contributed by atoms with van der Waals surface area (Å²) in [6.07, 6.45) is 0.803. The van der Waals surface area contributed by atoms with Crippen LogP contribution in [0.5, 0.6) is 23.0 Å². The summed E-state index contributed by atoms with van der Waals surface area (Å²) in [4.78, 5) is 14.1. The maximum Gasteiger partial charge on any atom is 0.314 e. The minimum Gasteiger partial charge on any atom is -0.492 e. The summed E-state index contributed by atoms with van der Waals surface area (Å²) in [5, 5.41) is 0. The summed E-state index contributed by atoms with van der Waals surface area (Å²) < 4.78 is 28.1. The number of ether oxygens (including phenoxy) is 5. The van der Waals surface area contributed by atoms with E-state index in [1.165, 1.54) is 5.57 Å². The van der Waals surface area contributed by atoms with Crippen LogP contribution in [0.15, 0.2) is 66.7 Å². The molecule has 212 valence electrons. The van der Waals surface area contributed by atoms with Crippen LogP contribution < -0.4 is 18.9 Å². The lowest BCUT2D eigenvalue weighted by molar-refractivity contribution is -0.159. The van der Waals surface area contributed by atoms with E-state index in [9.17, 15) is 4.79 Å². The molecule has 4 rings (SSSR count). The molecule has 0 aromatic heterocycles. The van der Waals surface area contributed by atoms with Crippen molar-refractivity contribution in [3.8, 4) is 23.0 Å². The number of carbonyl (C=O) groups excluding carboxylic acids is 1. The fraction of sp³-hybridized carbons (Fsp3) is 0.364. The molecule has 0 unspecified atom stereocenters. The monoisotopic (exact) mass is 545 g/mol. The van der Waals surface area contributed by atoms with Crippen molar-refractivity contribution in [3.63, 3.8) is 0 Å². The van der Waals surface area contributed by atoms with Crippen LogP contribution in [0.3, 0.4) is 0 Å². The molecule has 0 amide bonds. The fourth-order valence-electron chi connectivity index (χ4n) is 4.27. The molecule has 0 atom stereocenters. The lowest BCUT2D eigenvalue weighted by Crippen LogP contribution is -2.24. The summed E-state index contributed by atoms with van der Waals surface area (Å²) in [6.45, 7) is 9.16. The van der Waals surface area contributed by atoms with E-state index in [0.717, 1.165) is 52.5 Å². The zero-order valence-corrected chi connectivity index (χ0v) is 24.3. The normalized spacial score (nSPS) is 13.2. The largest absolute Gasteiger partial charge is 0.492 e. The second kappa shape index (κ2) is 12.9. The average Bonchev–Trinajstić information content (AvgIpc) is 3.40. The van der Waals surface area contributed by atoms with E-state index in [-0.39, 0.29) is 19.6 Å². The van der Waals surface area contributed by atoms with Crippen molar-refractivity contribution in [3.05, 3.63) is 83.4 Å². The summed E-state index contributed by atoms with van der Waals surface area (Å²) in [6, 6.07) is 22.1. The van der Waals surface area contributed by atoms with Crippen LogP contribution >= 0.6 is 0 Å². The van der Waals surface area contributed by atoms with Gasteiger partial charge in [-0.25, -0.2) is 0 Å². The van der Waals surface area contributed by atoms with Gasteiger partial charge < -0.3 is 28.6 Å². The third kappa shape index (κ3) is 7.36. The molecule has 0 saturated heterocycles. The molecule has 3 aromatic rings. The standard InChI is InChI=1S/C33H39NO6/c1-7-28(25-12-17-29-30(20-25)39-22-38-29)31(23-8-13-26(14-9-23)36-19-18-34(5)6)24-10-15-27(16-11-24)37-21-40-32(35)33(2,3)4/h8-17,20H,7,18-19,21-22H2,1-6H3/b31-28+. The molecular weight excluding hydrogens is 506 g/mol. The lowest BCUT2D eigenvalue weighted by atomic mass is 9.88. The summed E-state index contributed by atoms with van der Waals surface area (Å²) in [5.41, 5.74) is 4.88. The Morgan fingerprint density at radius 3 is 1.98 bits per heavy atom. The molecule has 0 radical (unpaired) electrons. The third-order valence-electron chi connectivity index (χ3n) is 6.50. The highest BCUT2D eigenvalue weighted by Crippen LogP contribution is 2.40. The van der Waals surface area contributed by atoms with E-state index in [2.05, 4.69) is 30.0 Å². The van der Waals surface area contributed by atoms with Gasteiger partial charge in [-0.3, -0.25) is 4.79 Å². The first-order chi connectivity index (χ1) is 19.2. The molecule has 0 spiro atoms. The van der Waals surface area contributed by atoms with Gasteiger partial charge in [0.1, 0.15) is 18.1 Å². The van der Waals surface area contributed by atoms with Gasteiger partial charge in [0.05, 0.1) is 5.41 Å². The van der Waals surface area contributed by atoms with E-state index in [1.807, 2.05) is 83.4 Å². The Bertz CT molecular complexity index is 1320. The summed E-state index contributed by atoms with van der Waals surface area (Å²) >= 11 is 0. The number of rotatable bonds is 11. The number of carbonyl (C=O) groups is 1. The van der Waals surface area contributed by atoms with E-state index >= 15 is 0 Å². The number of fused-ring (bicyclic) bond motifs is 1. The molecule has 0 aliphatic carbocycles. The highest BCUT2D eigenvalue weighted by Gasteiger charge is 2.23. The van der Waals surface area contributed by atoms with Crippen LogP contribution in [0.2, 0.25) is 0 Å². The number of nitrogens with zero attached hydrogens (tertiary/aromatic N) is 1. The van der Waals surface area contributed by atoms with Gasteiger partial charge >= 0.3 is 5.97 Å². The van der Waals surface area contributed by atoms with Crippen LogP contribution in [-0.2, 0) is 9.53 Å². The van der Waals surface area contributed by atoms with Crippen LogP contribution in [-0.4, -0.2) is 51.7 Å². The Morgan fingerprint density at radius 2 is 1.40 bits per heavy atom. The Labute approximate surface area is 237 Å². The first-order valence-corrected chi connectivity index (χ1v) is 13.6. The third-order valence-corrected chi connectivity index (χ3v) is 6.50. The number of likely N-dealkylation sites (N-methyl/N-ethyl adjacent to an activating group) is 1. The molecule has 7 heteroatoms. The van der Waals surface area contributed by atoms with Crippen molar-refractivity contribution in [2.45, 2.75) is 34.1 Å². The van der Waals surface area contributed by atoms with Gasteiger partial charge in [-0.2, -0.15) is 0 Å². The minimum absolute atomic E-state index is 0.134. The molecule has 0 fully saturated rings. The SMILES string of the molecule is CC/C(=C(/c1ccc(OCCN(C)C)cc1)c1ccc(OCOC(=O)C(C)(C)C)cc1)c1ccc2c(c1)OCO2. The number of hydrogen-bond donors (Lipinski definition) is 0. The summed E-state index contributed by atoms with van der Waals surface area (Å²) in [5.74, 6) is 2.66. The van der Waals surface area contributed by atoms with Gasteiger partial charge in [0.25, 0.3) is 0 Å². The Balaban J connectivity index is 1.64. The minimum atomic E-state index is -0.578. The second-order valence-electron chi connectivity index (χ2n) is 10.9. The van der Waals surface area contributed by atoms with Crippen LogP contribution in [0, 0.1) is 5.41 Å². The molecule has 0 saturated carbocycles. The lowest BCUT2D eigenvalue weighted by Gasteiger charge is -2.18. The number of allylic oxidation sites excluding steroid dienone is 1. The molecule has 1 aliphatic heterocycles. The molecule has 0 bridgehead atoms. The van der Waals surface area contributed by atoms with E-state index in [4.69, 9.17) is 23.7 Å². The number of benzene rings is 3. The second-order valence-corrected chi connectivity index (χ2v) is 10.9. The molecule has 40 heavy (non-hydrogen) atoms. The number of hydrogen-bond acceptors (Lipinski definition) is 7. The van der Waals surface area contributed by atoms with Crippen molar-refractivity contribution in [2.24, 2.45) is 5.41 Å². The number of esters is 1. The molecule has 7 nitrogen and oxygen atoms in total. The Kier molecular flexibility index (Phi) is 9.38. The van der Waals surface area contributed by atoms with Gasteiger partial charge in [0, 0.05) is 6.54 Å². The van der Waals surface area contributed by atoms with Crippen molar-refractivity contribution in [1.82, 2.24) is 4.90 Å². The van der Waals surface area contributed by atoms with Gasteiger partial charge in [-0.15, -0.1) is 0 Å². The van der Waals surface area contributed by atoms with E-state index in [0.29, 0.717) is 12.4 Å². The van der Waals surface area contributed by atoms with Crippen LogP contribution in [0.25, 0.3) is 11.1 Å². The molecule has 0 N–H and O–H groups in total. The van der Waals surface area contributed by atoms with Crippen LogP contribution in [0.1, 0.15) is 50.8 Å². The predicted octanol–water partition coefficient (Wildman–Crippen LogP) is 6.65. The molecular formula is C33H39NO6. The van der Waals surface area contributed by atoms with E-state index in [1.54, 1.807) is 0 Å². The van der Waals surface area contributed by atoms with Gasteiger partial charge in [0.15, 0.2) is 11.5 Å². The van der Waals surface area contributed by atoms with Gasteiger partial charge in [-0.05, 0) is 106 Å². The molecule has 1 heterocycles. The summed E-state index contributed by atoms with van der Waals surface area (Å²) in [7, 11) is 4.06. The van der Waals surface area contributed by atoms with Crippen LogP contribution in [0.4, 0.5) is 0 Å². The zero-order chi connectivity index (χ0) is 28.7. The van der Waals surface area contributed by atoms with Gasteiger partial charge in [-0.1, -0.05) is 37.3 Å². The Hall–Kier alpha value is -3.97. The quantitative estimate of drug-likeness (QED) is 0.152. The molecule has 1 aliphatic rings. The first-order valence-electron chi connectivity index (χ1n) is 13.6. The highest BCUT2D eigenvalue weighted by molar-refractivity contribution is 5.99. The van der Waals surface area contributed by atoms with Crippen molar-refractivity contribution < 1.29 is 28.5 Å². The Morgan fingerprint density at radius 1 is 0.825 bits per heavy atom. The highest BCUT2D eigenvalue weighted by atomic mass is 16.7. The maximum absolute atomic E-state index is 12.0. The maximum atomic E-state index is 12.0. The predicted molar refractivity (Wildman–Crippen MR) is 157 cm³/mol. The van der Waals surface area contributed by atoms with Crippen molar-refractivity contribution >= 4 is 17.1 Å². The average molecular weight is 546 g/mol. The van der Waals surface area contributed by atoms with Crippen molar-refractivity contribution in [1.29, 1.82) is 0 Å². The topological polar surface area (TPSA) is 66.5 Å². The first kappa shape index (κ1) is 29.0. The van der Waals surface area contributed by atoms with Crippen molar-refractivity contribution in [2.75, 3.05) is 40.8 Å². The van der Waals surface area contributed by atoms with E-state index < -0.39 is 5.41 Å².